The Bertz CT molecular complexity index is 372. The normalized spacial score (nSPS) is 34.9. The van der Waals surface area contributed by atoms with E-state index in [-0.39, 0.29) is 17.9 Å². The Morgan fingerprint density at radius 2 is 2.00 bits per heavy atom. The Morgan fingerprint density at radius 1 is 1.25 bits per heavy atom. The molecule has 5 heteroatoms. The molecule has 1 amide bonds. The number of nitrogens with zero attached hydrogens (tertiary/aromatic N) is 1. The molecule has 4 atom stereocenters. The van der Waals surface area contributed by atoms with Crippen molar-refractivity contribution in [1.82, 2.24) is 10.2 Å². The number of likely N-dealkylation sites (tertiary alicyclic amines) is 1. The van der Waals surface area contributed by atoms with Crippen molar-refractivity contribution in [1.29, 1.82) is 0 Å². The number of nitrogens with one attached hydrogen (secondary N) is 1. The lowest BCUT2D eigenvalue weighted by atomic mass is 9.78. The maximum Gasteiger partial charge on any atom is 0.307 e. The maximum atomic E-state index is 12.1. The molecule has 114 valence electrons. The van der Waals surface area contributed by atoms with Gasteiger partial charge in [-0.05, 0) is 31.2 Å². The second-order valence-electron chi connectivity index (χ2n) is 6.50. The van der Waals surface area contributed by atoms with E-state index < -0.39 is 5.97 Å². The summed E-state index contributed by atoms with van der Waals surface area (Å²) in [5.41, 5.74) is 0. The second kappa shape index (κ2) is 6.57. The number of aliphatic carboxylic acids is 1. The first kappa shape index (κ1) is 15.3. The van der Waals surface area contributed by atoms with Crippen molar-refractivity contribution in [3.63, 3.8) is 0 Å². The van der Waals surface area contributed by atoms with Crippen molar-refractivity contribution in [2.24, 2.45) is 17.8 Å². The van der Waals surface area contributed by atoms with Crippen LogP contribution in [0.2, 0.25) is 0 Å². The molecule has 0 aromatic carbocycles. The molecule has 2 rings (SSSR count). The van der Waals surface area contributed by atoms with E-state index in [1.165, 1.54) is 12.8 Å². The summed E-state index contributed by atoms with van der Waals surface area (Å²) in [5, 5.41) is 12.1. The Morgan fingerprint density at radius 3 is 2.65 bits per heavy atom. The summed E-state index contributed by atoms with van der Waals surface area (Å²) in [7, 11) is 0. The molecule has 1 saturated carbocycles. The van der Waals surface area contributed by atoms with E-state index in [1.54, 1.807) is 0 Å². The first-order valence-electron chi connectivity index (χ1n) is 7.72. The third kappa shape index (κ3) is 3.72. The molecule has 20 heavy (non-hydrogen) atoms. The summed E-state index contributed by atoms with van der Waals surface area (Å²) >= 11 is 0. The molecule has 1 aliphatic heterocycles. The van der Waals surface area contributed by atoms with Gasteiger partial charge in [0.05, 0.1) is 12.5 Å². The molecule has 1 heterocycles. The zero-order valence-electron chi connectivity index (χ0n) is 12.5. The summed E-state index contributed by atoms with van der Waals surface area (Å²) in [5.74, 6) is 0.177. The van der Waals surface area contributed by atoms with Gasteiger partial charge in [-0.3, -0.25) is 14.5 Å². The molecule has 0 radical (unpaired) electrons. The van der Waals surface area contributed by atoms with Crippen LogP contribution in [-0.4, -0.2) is 47.6 Å². The van der Waals surface area contributed by atoms with Gasteiger partial charge in [0.25, 0.3) is 0 Å². The summed E-state index contributed by atoms with van der Waals surface area (Å²) < 4.78 is 0. The molecular formula is C15H26N2O3. The van der Waals surface area contributed by atoms with E-state index in [0.717, 1.165) is 6.42 Å². The van der Waals surface area contributed by atoms with Gasteiger partial charge in [-0.25, -0.2) is 0 Å². The monoisotopic (exact) mass is 282 g/mol. The van der Waals surface area contributed by atoms with E-state index in [1.807, 2.05) is 4.90 Å². The summed E-state index contributed by atoms with van der Waals surface area (Å²) in [6.07, 6.45) is 4.15. The minimum atomic E-state index is -0.748. The highest BCUT2D eigenvalue weighted by Crippen LogP contribution is 2.29. The number of carbonyl (C=O) groups excluding carboxylic acids is 1. The summed E-state index contributed by atoms with van der Waals surface area (Å²) in [6.45, 7) is 6.01. The minimum absolute atomic E-state index is 0.0435. The number of rotatable bonds is 4. The number of carbonyl (C=O) groups is 2. The van der Waals surface area contributed by atoms with Crippen LogP contribution < -0.4 is 5.32 Å². The van der Waals surface area contributed by atoms with Crippen molar-refractivity contribution in [3.8, 4) is 0 Å². The molecule has 2 N–H and O–H groups in total. The summed E-state index contributed by atoms with van der Waals surface area (Å²) in [4.78, 5) is 24.9. The Balaban J connectivity index is 1.77. The fourth-order valence-corrected chi connectivity index (χ4v) is 3.42. The van der Waals surface area contributed by atoms with Crippen LogP contribution in [-0.2, 0) is 9.59 Å². The highest BCUT2D eigenvalue weighted by molar-refractivity contribution is 5.78. The van der Waals surface area contributed by atoms with Gasteiger partial charge in [0.15, 0.2) is 0 Å². The first-order chi connectivity index (χ1) is 9.47. The molecule has 0 bridgehead atoms. The number of carboxylic acid groups (broad SMARTS) is 1. The van der Waals surface area contributed by atoms with E-state index >= 15 is 0 Å². The van der Waals surface area contributed by atoms with Crippen molar-refractivity contribution in [3.05, 3.63) is 0 Å². The number of amides is 1. The minimum Gasteiger partial charge on any atom is -0.481 e. The van der Waals surface area contributed by atoms with Crippen LogP contribution in [0.5, 0.6) is 0 Å². The largest absolute Gasteiger partial charge is 0.481 e. The van der Waals surface area contributed by atoms with Gasteiger partial charge in [0.1, 0.15) is 0 Å². The standard InChI is InChI=1S/C15H26N2O3/c1-10-4-3-5-13(11(10)2)16-14(18)9-17-7-6-12(8-17)15(19)20/h10-13H,3-9H2,1-2H3,(H,16,18)(H,19,20)/t10-,11-,12-,13+/m1/s1. The SMILES string of the molecule is C[C@@H]1[C@H](C)CCC[C@@H]1NC(=O)CN1CC[C@@H](C(=O)O)C1. The van der Waals surface area contributed by atoms with Crippen LogP contribution in [0.15, 0.2) is 0 Å². The van der Waals surface area contributed by atoms with Crippen LogP contribution in [0, 0.1) is 17.8 Å². The molecule has 2 aliphatic rings. The number of hydrogen-bond donors (Lipinski definition) is 2. The highest BCUT2D eigenvalue weighted by atomic mass is 16.4. The molecule has 1 saturated heterocycles. The molecule has 0 spiro atoms. The summed E-state index contributed by atoms with van der Waals surface area (Å²) in [6, 6.07) is 0.282. The molecule has 0 aromatic heterocycles. The zero-order valence-corrected chi connectivity index (χ0v) is 12.5. The lowest BCUT2D eigenvalue weighted by Gasteiger charge is -2.35. The molecule has 0 unspecified atom stereocenters. The fraction of sp³-hybridized carbons (Fsp3) is 0.867. The van der Waals surface area contributed by atoms with Crippen LogP contribution in [0.3, 0.4) is 0 Å². The predicted octanol–water partition coefficient (Wildman–Crippen LogP) is 1.33. The van der Waals surface area contributed by atoms with Gasteiger partial charge in [-0.1, -0.05) is 26.7 Å². The van der Waals surface area contributed by atoms with Gasteiger partial charge in [0.2, 0.25) is 5.91 Å². The molecule has 5 nitrogen and oxygen atoms in total. The number of carboxylic acids is 1. The van der Waals surface area contributed by atoms with Crippen LogP contribution in [0.25, 0.3) is 0 Å². The van der Waals surface area contributed by atoms with E-state index in [4.69, 9.17) is 5.11 Å². The van der Waals surface area contributed by atoms with Gasteiger partial charge in [-0.15, -0.1) is 0 Å². The van der Waals surface area contributed by atoms with Crippen LogP contribution in [0.1, 0.15) is 39.5 Å². The van der Waals surface area contributed by atoms with E-state index in [2.05, 4.69) is 19.2 Å². The van der Waals surface area contributed by atoms with Gasteiger partial charge in [0, 0.05) is 12.6 Å². The Kier molecular flexibility index (Phi) is 5.02. The second-order valence-corrected chi connectivity index (χ2v) is 6.50. The highest BCUT2D eigenvalue weighted by Gasteiger charge is 2.31. The maximum absolute atomic E-state index is 12.1. The quantitative estimate of drug-likeness (QED) is 0.816. The lowest BCUT2D eigenvalue weighted by Crippen LogP contribution is -2.47. The smallest absolute Gasteiger partial charge is 0.307 e. The van der Waals surface area contributed by atoms with Crippen molar-refractivity contribution >= 4 is 11.9 Å². The molecule has 1 aliphatic carbocycles. The third-order valence-corrected chi connectivity index (χ3v) is 5.04. The average Bonchev–Trinajstić information content (AvgIpc) is 2.83. The predicted molar refractivity (Wildman–Crippen MR) is 76.3 cm³/mol. The average molecular weight is 282 g/mol. The fourth-order valence-electron chi connectivity index (χ4n) is 3.42. The van der Waals surface area contributed by atoms with Gasteiger partial charge >= 0.3 is 5.97 Å². The zero-order chi connectivity index (χ0) is 14.7. The topological polar surface area (TPSA) is 69.6 Å². The Hall–Kier alpha value is -1.10. The van der Waals surface area contributed by atoms with E-state index in [9.17, 15) is 9.59 Å². The lowest BCUT2D eigenvalue weighted by molar-refractivity contribution is -0.141. The first-order valence-corrected chi connectivity index (χ1v) is 7.72. The number of hydrogen-bond acceptors (Lipinski definition) is 3. The van der Waals surface area contributed by atoms with Crippen molar-refractivity contribution in [2.45, 2.75) is 45.6 Å². The van der Waals surface area contributed by atoms with Crippen molar-refractivity contribution in [2.75, 3.05) is 19.6 Å². The third-order valence-electron chi connectivity index (χ3n) is 5.04. The molecule has 2 fully saturated rings. The van der Waals surface area contributed by atoms with E-state index in [0.29, 0.717) is 37.9 Å². The van der Waals surface area contributed by atoms with Gasteiger partial charge < -0.3 is 10.4 Å². The molecule has 0 aromatic rings. The van der Waals surface area contributed by atoms with Gasteiger partial charge in [-0.2, -0.15) is 0 Å². The molecular weight excluding hydrogens is 256 g/mol. The Labute approximate surface area is 120 Å². The van der Waals surface area contributed by atoms with Crippen molar-refractivity contribution < 1.29 is 14.7 Å². The van der Waals surface area contributed by atoms with Crippen LogP contribution in [0.4, 0.5) is 0 Å². The van der Waals surface area contributed by atoms with Crippen LogP contribution >= 0.6 is 0 Å².